The molecule has 0 spiro atoms. The predicted octanol–water partition coefficient (Wildman–Crippen LogP) is 9.65. The van der Waals surface area contributed by atoms with Crippen LogP contribution in [0.25, 0.3) is 42.1 Å². The van der Waals surface area contributed by atoms with Gasteiger partial charge >= 0.3 is 0 Å². The summed E-state index contributed by atoms with van der Waals surface area (Å²) < 4.78 is 3.86. The summed E-state index contributed by atoms with van der Waals surface area (Å²) in [5.41, 5.74) is 2.23. The molecule has 0 atom stereocenters. The number of thiophene rings is 1. The zero-order chi connectivity index (χ0) is 22.5. The molecule has 0 radical (unpaired) electrons. The molecule has 0 saturated carbocycles. The monoisotopic (exact) mass is 591 g/mol. The standard InChI is InChI=1S/C27H15Br2NOS2/c28-20-13-15(14-21(29)25(20)31)23-17-5-1-2-6-18(17)26(32-16-9-11-30-12-10-16)27-24(23)19-7-3-4-8-22(19)33-27/h1-14,31H. The number of hydrogen-bond acceptors (Lipinski definition) is 4. The minimum atomic E-state index is 0.208. The van der Waals surface area contributed by atoms with Gasteiger partial charge in [-0.05, 0) is 84.1 Å². The van der Waals surface area contributed by atoms with Gasteiger partial charge in [-0.1, -0.05) is 54.2 Å². The van der Waals surface area contributed by atoms with Crippen LogP contribution in [0.5, 0.6) is 5.75 Å². The van der Waals surface area contributed by atoms with Gasteiger partial charge < -0.3 is 5.11 Å². The normalized spacial score (nSPS) is 11.6. The number of nitrogens with zero attached hydrogens (tertiary/aromatic N) is 1. The Morgan fingerprint density at radius 1 is 0.788 bits per heavy atom. The number of halogens is 2. The summed E-state index contributed by atoms with van der Waals surface area (Å²) in [6.45, 7) is 0. The average molecular weight is 593 g/mol. The van der Waals surface area contributed by atoms with Gasteiger partial charge in [0.15, 0.2) is 0 Å². The van der Waals surface area contributed by atoms with Crippen LogP contribution in [-0.2, 0) is 0 Å². The van der Waals surface area contributed by atoms with E-state index in [1.165, 1.54) is 41.4 Å². The van der Waals surface area contributed by atoms with Gasteiger partial charge in [0.2, 0.25) is 0 Å². The smallest absolute Gasteiger partial charge is 0.143 e. The van der Waals surface area contributed by atoms with Gasteiger partial charge in [0, 0.05) is 37.7 Å². The lowest BCUT2D eigenvalue weighted by molar-refractivity contribution is 0.468. The summed E-state index contributed by atoms with van der Waals surface area (Å²) in [7, 11) is 0. The van der Waals surface area contributed by atoms with Gasteiger partial charge in [-0.25, -0.2) is 0 Å². The Bertz CT molecular complexity index is 1660. The summed E-state index contributed by atoms with van der Waals surface area (Å²) in [4.78, 5) is 6.61. The van der Waals surface area contributed by atoms with Crippen LogP contribution in [0.1, 0.15) is 0 Å². The van der Waals surface area contributed by atoms with Crippen molar-refractivity contribution in [3.63, 3.8) is 0 Å². The maximum atomic E-state index is 10.3. The lowest BCUT2D eigenvalue weighted by atomic mass is 9.93. The highest BCUT2D eigenvalue weighted by molar-refractivity contribution is 9.11. The van der Waals surface area contributed by atoms with Crippen molar-refractivity contribution >= 4 is 85.9 Å². The van der Waals surface area contributed by atoms with Crippen molar-refractivity contribution in [1.82, 2.24) is 4.98 Å². The average Bonchev–Trinajstić information content (AvgIpc) is 3.22. The quantitative estimate of drug-likeness (QED) is 0.222. The fourth-order valence-corrected chi connectivity index (χ4v) is 7.82. The van der Waals surface area contributed by atoms with Crippen LogP contribution in [0.4, 0.5) is 0 Å². The molecule has 6 rings (SSSR count). The number of phenols is 1. The van der Waals surface area contributed by atoms with E-state index in [1.54, 1.807) is 11.8 Å². The van der Waals surface area contributed by atoms with E-state index in [1.807, 2.05) is 35.9 Å². The third-order valence-corrected chi connectivity index (χ3v) is 9.33. The van der Waals surface area contributed by atoms with Crippen molar-refractivity contribution in [2.75, 3.05) is 0 Å². The fourth-order valence-electron chi connectivity index (χ4n) is 4.24. The van der Waals surface area contributed by atoms with Gasteiger partial charge in [0.1, 0.15) is 5.75 Å². The van der Waals surface area contributed by atoms with Gasteiger partial charge in [-0.3, -0.25) is 4.98 Å². The molecule has 0 aliphatic rings. The van der Waals surface area contributed by atoms with Crippen LogP contribution in [-0.4, -0.2) is 10.1 Å². The Kier molecular flexibility index (Phi) is 5.41. The van der Waals surface area contributed by atoms with Crippen molar-refractivity contribution in [3.8, 4) is 16.9 Å². The number of fused-ring (bicyclic) bond motifs is 4. The highest BCUT2D eigenvalue weighted by Gasteiger charge is 2.21. The second-order valence-corrected chi connectivity index (χ2v) is 11.5. The number of hydrogen-bond donors (Lipinski definition) is 1. The molecule has 160 valence electrons. The van der Waals surface area contributed by atoms with E-state index in [9.17, 15) is 5.11 Å². The SMILES string of the molecule is Oc1c(Br)cc(-c2c3ccccc3c(Sc3ccncc3)c3sc4ccccc4c23)cc1Br. The highest BCUT2D eigenvalue weighted by atomic mass is 79.9. The molecule has 0 fully saturated rings. The second kappa shape index (κ2) is 8.44. The van der Waals surface area contributed by atoms with Crippen LogP contribution in [0.2, 0.25) is 0 Å². The Hall–Kier alpha value is -2.38. The van der Waals surface area contributed by atoms with Crippen LogP contribution in [0.3, 0.4) is 0 Å². The molecule has 4 aromatic carbocycles. The molecule has 0 unspecified atom stereocenters. The maximum Gasteiger partial charge on any atom is 0.143 e. The molecule has 33 heavy (non-hydrogen) atoms. The Balaban J connectivity index is 1.80. The number of benzene rings is 4. The molecule has 1 N–H and O–H groups in total. The molecule has 6 aromatic rings. The Morgan fingerprint density at radius 3 is 2.15 bits per heavy atom. The number of phenolic OH excluding ortho intramolecular Hbond substituents is 1. The van der Waals surface area contributed by atoms with Crippen molar-refractivity contribution in [2.24, 2.45) is 0 Å². The van der Waals surface area contributed by atoms with Crippen LogP contribution in [0, 0.1) is 0 Å². The fraction of sp³-hybridized carbons (Fsp3) is 0. The van der Waals surface area contributed by atoms with Gasteiger partial charge in [0.05, 0.1) is 13.6 Å². The summed E-state index contributed by atoms with van der Waals surface area (Å²) in [6, 6.07) is 25.3. The lowest BCUT2D eigenvalue weighted by Crippen LogP contribution is -1.88. The van der Waals surface area contributed by atoms with E-state index >= 15 is 0 Å². The molecule has 2 aromatic heterocycles. The summed E-state index contributed by atoms with van der Waals surface area (Å²) in [5, 5.41) is 15.2. The molecule has 0 aliphatic carbocycles. The lowest BCUT2D eigenvalue weighted by Gasteiger charge is -2.16. The number of rotatable bonds is 3. The molecular weight excluding hydrogens is 578 g/mol. The molecule has 2 heterocycles. The zero-order valence-corrected chi connectivity index (χ0v) is 21.9. The molecular formula is C27H15Br2NOS2. The Morgan fingerprint density at radius 2 is 1.42 bits per heavy atom. The van der Waals surface area contributed by atoms with Crippen molar-refractivity contribution in [2.45, 2.75) is 9.79 Å². The topological polar surface area (TPSA) is 33.1 Å². The summed E-state index contributed by atoms with van der Waals surface area (Å²) >= 11 is 10.7. The van der Waals surface area contributed by atoms with Gasteiger partial charge in [-0.15, -0.1) is 11.3 Å². The van der Waals surface area contributed by atoms with E-state index in [4.69, 9.17) is 0 Å². The van der Waals surface area contributed by atoms with E-state index in [2.05, 4.69) is 97.5 Å². The summed E-state index contributed by atoms with van der Waals surface area (Å²) in [5.74, 6) is 0.208. The summed E-state index contributed by atoms with van der Waals surface area (Å²) in [6.07, 6.45) is 3.68. The van der Waals surface area contributed by atoms with E-state index < -0.39 is 0 Å². The maximum absolute atomic E-state index is 10.3. The number of aromatic hydroxyl groups is 1. The van der Waals surface area contributed by atoms with E-state index in [0.717, 1.165) is 10.5 Å². The first-order valence-corrected chi connectivity index (χ1v) is 13.5. The van der Waals surface area contributed by atoms with Gasteiger partial charge in [0.25, 0.3) is 0 Å². The molecule has 6 heteroatoms. The van der Waals surface area contributed by atoms with Crippen molar-refractivity contribution in [1.29, 1.82) is 0 Å². The van der Waals surface area contributed by atoms with E-state index in [0.29, 0.717) is 8.95 Å². The first-order chi connectivity index (χ1) is 16.1. The minimum absolute atomic E-state index is 0.208. The Labute approximate surface area is 215 Å². The first kappa shape index (κ1) is 21.2. The first-order valence-electron chi connectivity index (χ1n) is 10.2. The molecule has 2 nitrogen and oxygen atoms in total. The molecule has 0 saturated heterocycles. The van der Waals surface area contributed by atoms with Crippen LogP contribution >= 0.6 is 55.0 Å². The molecule has 0 bridgehead atoms. The molecule has 0 aliphatic heterocycles. The third-order valence-electron chi connectivity index (χ3n) is 5.67. The second-order valence-electron chi connectivity index (χ2n) is 7.63. The predicted molar refractivity (Wildman–Crippen MR) is 148 cm³/mol. The zero-order valence-electron chi connectivity index (χ0n) is 17.0. The van der Waals surface area contributed by atoms with Crippen LogP contribution < -0.4 is 0 Å². The minimum Gasteiger partial charge on any atom is -0.506 e. The molecule has 0 amide bonds. The third kappa shape index (κ3) is 3.56. The highest BCUT2D eigenvalue weighted by Crippen LogP contribution is 2.51. The van der Waals surface area contributed by atoms with Gasteiger partial charge in [-0.2, -0.15) is 0 Å². The number of aromatic nitrogens is 1. The van der Waals surface area contributed by atoms with Crippen molar-refractivity contribution < 1.29 is 5.11 Å². The van der Waals surface area contributed by atoms with E-state index in [-0.39, 0.29) is 5.75 Å². The largest absolute Gasteiger partial charge is 0.506 e. The number of pyridine rings is 1. The van der Waals surface area contributed by atoms with Crippen LogP contribution in [0.15, 0.2) is 104 Å². The van der Waals surface area contributed by atoms with Crippen molar-refractivity contribution in [3.05, 3.63) is 94.1 Å².